The summed E-state index contributed by atoms with van der Waals surface area (Å²) in [5, 5.41) is 35.0. The van der Waals surface area contributed by atoms with E-state index in [4.69, 9.17) is 5.26 Å². The number of nitrogens with one attached hydrogen (secondary N) is 2. The number of benzene rings is 1. The molecule has 1 aromatic heterocycles. The Bertz CT molecular complexity index is 1060. The van der Waals surface area contributed by atoms with Crippen molar-refractivity contribution in [2.45, 2.75) is 51.1 Å². The molecule has 0 unspecified atom stereocenters. The minimum Gasteiger partial charge on any atom is -0.390 e. The first-order valence-corrected chi connectivity index (χ1v) is 9.76. The van der Waals surface area contributed by atoms with E-state index in [0.717, 1.165) is 11.1 Å². The number of nitriles is 1. The molecule has 9 heteroatoms. The minimum absolute atomic E-state index is 0.231. The first-order chi connectivity index (χ1) is 14.5. The highest BCUT2D eigenvalue weighted by molar-refractivity contribution is 6.47. The molecular formula is C21H22N6O3. The maximum atomic E-state index is 12.8. The van der Waals surface area contributed by atoms with E-state index in [-0.39, 0.29) is 30.8 Å². The number of nitrogens with zero attached hydrogens (tertiary/aromatic N) is 4. The van der Waals surface area contributed by atoms with Gasteiger partial charge in [-0.25, -0.2) is 9.97 Å². The smallest absolute Gasteiger partial charge is 0.270 e. The molecule has 9 nitrogen and oxygen atoms in total. The number of aliphatic hydroxyl groups is 2. The number of fused-ring (bicyclic) bond motifs is 1. The summed E-state index contributed by atoms with van der Waals surface area (Å²) in [6.45, 7) is 2.43. The van der Waals surface area contributed by atoms with Crippen molar-refractivity contribution in [3.8, 4) is 6.07 Å². The number of aromatic nitrogens is 2. The number of aryl methyl sites for hydroxylation is 1. The Morgan fingerprint density at radius 2 is 2.10 bits per heavy atom. The molecular weight excluding hydrogens is 384 g/mol. The van der Waals surface area contributed by atoms with Crippen LogP contribution < -0.4 is 10.6 Å². The van der Waals surface area contributed by atoms with Crippen LogP contribution in [0.4, 0.5) is 5.82 Å². The van der Waals surface area contributed by atoms with Crippen LogP contribution in [0.25, 0.3) is 0 Å². The molecule has 30 heavy (non-hydrogen) atoms. The van der Waals surface area contributed by atoms with Crippen molar-refractivity contribution in [2.24, 2.45) is 4.99 Å². The average molecular weight is 406 g/mol. The summed E-state index contributed by atoms with van der Waals surface area (Å²) in [6, 6.07) is 7.18. The van der Waals surface area contributed by atoms with E-state index in [1.165, 1.54) is 6.33 Å². The maximum absolute atomic E-state index is 12.8. The van der Waals surface area contributed by atoms with Gasteiger partial charge in [-0.3, -0.25) is 9.79 Å². The molecule has 3 atom stereocenters. The molecule has 1 saturated carbocycles. The number of amides is 1. The van der Waals surface area contributed by atoms with E-state index < -0.39 is 12.2 Å². The molecule has 1 amide bonds. The molecule has 1 aliphatic heterocycles. The van der Waals surface area contributed by atoms with Crippen molar-refractivity contribution >= 4 is 17.4 Å². The lowest BCUT2D eigenvalue weighted by Crippen LogP contribution is -2.36. The predicted octanol–water partition coefficient (Wildman–Crippen LogP) is 0.572. The molecule has 0 bridgehead atoms. The average Bonchev–Trinajstić information content (AvgIpc) is 3.31. The van der Waals surface area contributed by atoms with Gasteiger partial charge in [0.15, 0.2) is 0 Å². The second kappa shape index (κ2) is 8.18. The van der Waals surface area contributed by atoms with E-state index in [1.807, 2.05) is 13.0 Å². The number of hydrogen-bond acceptors (Lipinski definition) is 8. The standard InChI is InChI=1S/C21H22N6O3/c1-11-4-12(7-22)6-13(5-11)8-24-21(30)18-17-15(9-23-18)25-10-26-20(17)27-14-2-3-16(28)19(14)29/h4-6,10,14,16,19,28-29H,2-3,8-9H2,1H3,(H,24,30)(H,25,26,27)/t14-,16-,19+/m1/s1. The van der Waals surface area contributed by atoms with Crippen molar-refractivity contribution in [1.82, 2.24) is 15.3 Å². The van der Waals surface area contributed by atoms with Gasteiger partial charge in [-0.2, -0.15) is 5.26 Å². The van der Waals surface area contributed by atoms with E-state index in [0.29, 0.717) is 35.5 Å². The third-order valence-corrected chi connectivity index (χ3v) is 5.39. The Morgan fingerprint density at radius 1 is 1.27 bits per heavy atom. The van der Waals surface area contributed by atoms with E-state index >= 15 is 0 Å². The predicted molar refractivity (Wildman–Crippen MR) is 109 cm³/mol. The molecule has 2 aliphatic rings. The van der Waals surface area contributed by atoms with Crippen LogP contribution in [-0.4, -0.2) is 50.0 Å². The van der Waals surface area contributed by atoms with Crippen molar-refractivity contribution < 1.29 is 15.0 Å². The van der Waals surface area contributed by atoms with Crippen LogP contribution in [-0.2, 0) is 17.9 Å². The summed E-state index contributed by atoms with van der Waals surface area (Å²) >= 11 is 0. The number of carbonyl (C=O) groups excluding carboxylic acids is 1. The number of aliphatic hydroxyl groups excluding tert-OH is 2. The normalized spacial score (nSPS) is 22.2. The Morgan fingerprint density at radius 3 is 2.83 bits per heavy atom. The molecule has 1 aromatic carbocycles. The van der Waals surface area contributed by atoms with E-state index in [2.05, 4.69) is 31.7 Å². The van der Waals surface area contributed by atoms with Gasteiger partial charge < -0.3 is 20.8 Å². The molecule has 1 fully saturated rings. The summed E-state index contributed by atoms with van der Waals surface area (Å²) in [7, 11) is 0. The molecule has 0 saturated heterocycles. The van der Waals surface area contributed by atoms with Gasteiger partial charge in [-0.15, -0.1) is 0 Å². The number of rotatable bonds is 5. The lowest BCUT2D eigenvalue weighted by molar-refractivity contribution is -0.114. The summed E-state index contributed by atoms with van der Waals surface area (Å²) < 4.78 is 0. The Balaban J connectivity index is 1.51. The van der Waals surface area contributed by atoms with Gasteiger partial charge in [0.1, 0.15) is 17.9 Å². The summed E-state index contributed by atoms with van der Waals surface area (Å²) in [5.41, 5.74) is 3.69. The number of aliphatic imine (C=N–C) groups is 1. The second-order valence-corrected chi connectivity index (χ2v) is 7.60. The fourth-order valence-electron chi connectivity index (χ4n) is 3.91. The zero-order valence-electron chi connectivity index (χ0n) is 16.5. The molecule has 4 rings (SSSR count). The molecule has 154 valence electrons. The topological polar surface area (TPSA) is 144 Å². The Kier molecular flexibility index (Phi) is 5.44. The van der Waals surface area contributed by atoms with E-state index in [1.54, 1.807) is 12.1 Å². The zero-order valence-corrected chi connectivity index (χ0v) is 16.5. The number of anilines is 1. The molecule has 0 radical (unpaired) electrons. The van der Waals surface area contributed by atoms with E-state index in [9.17, 15) is 15.0 Å². The van der Waals surface area contributed by atoms with Gasteiger partial charge in [0.2, 0.25) is 0 Å². The molecule has 0 spiro atoms. The van der Waals surface area contributed by atoms with Crippen LogP contribution in [0, 0.1) is 18.3 Å². The van der Waals surface area contributed by atoms with Gasteiger partial charge in [0.05, 0.1) is 47.7 Å². The van der Waals surface area contributed by atoms with Gasteiger partial charge in [-0.1, -0.05) is 6.07 Å². The molecule has 4 N–H and O–H groups in total. The van der Waals surface area contributed by atoms with Crippen LogP contribution in [0.15, 0.2) is 29.5 Å². The summed E-state index contributed by atoms with van der Waals surface area (Å²) in [4.78, 5) is 25.6. The van der Waals surface area contributed by atoms with Crippen LogP contribution in [0.2, 0.25) is 0 Å². The first-order valence-electron chi connectivity index (χ1n) is 9.76. The molecule has 2 aromatic rings. The van der Waals surface area contributed by atoms with Gasteiger partial charge >= 0.3 is 0 Å². The van der Waals surface area contributed by atoms with Crippen LogP contribution in [0.1, 0.15) is 40.8 Å². The van der Waals surface area contributed by atoms with Crippen LogP contribution in [0.3, 0.4) is 0 Å². The van der Waals surface area contributed by atoms with Crippen molar-refractivity contribution in [2.75, 3.05) is 5.32 Å². The van der Waals surface area contributed by atoms with Crippen LogP contribution >= 0.6 is 0 Å². The Labute approximate surface area is 173 Å². The fourth-order valence-corrected chi connectivity index (χ4v) is 3.91. The lowest BCUT2D eigenvalue weighted by atomic mass is 10.1. The highest BCUT2D eigenvalue weighted by Gasteiger charge is 2.35. The zero-order chi connectivity index (χ0) is 21.3. The monoisotopic (exact) mass is 406 g/mol. The highest BCUT2D eigenvalue weighted by atomic mass is 16.3. The van der Waals surface area contributed by atoms with Gasteiger partial charge in [-0.05, 0) is 43.0 Å². The van der Waals surface area contributed by atoms with Crippen molar-refractivity contribution in [3.05, 3.63) is 52.5 Å². The van der Waals surface area contributed by atoms with Gasteiger partial charge in [0, 0.05) is 6.54 Å². The number of carbonyl (C=O) groups is 1. The maximum Gasteiger partial charge on any atom is 0.270 e. The van der Waals surface area contributed by atoms with Crippen molar-refractivity contribution in [3.63, 3.8) is 0 Å². The quantitative estimate of drug-likeness (QED) is 0.568. The molecule has 1 aliphatic carbocycles. The SMILES string of the molecule is Cc1cc(C#N)cc(CNC(=O)C2=NCc3ncnc(N[C@@H]4CC[C@@H](O)[C@H]4O)c32)c1. The molecule has 2 heterocycles. The fraction of sp³-hybridized carbons (Fsp3) is 0.381. The van der Waals surface area contributed by atoms with Gasteiger partial charge in [0.25, 0.3) is 5.91 Å². The third-order valence-electron chi connectivity index (χ3n) is 5.39. The summed E-state index contributed by atoms with van der Waals surface area (Å²) in [6.07, 6.45) is 0.803. The first kappa shape index (κ1) is 19.9. The third kappa shape index (κ3) is 3.87. The number of hydrogen-bond donors (Lipinski definition) is 4. The van der Waals surface area contributed by atoms with Crippen LogP contribution in [0.5, 0.6) is 0 Å². The highest BCUT2D eigenvalue weighted by Crippen LogP contribution is 2.28. The summed E-state index contributed by atoms with van der Waals surface area (Å²) in [5.74, 6) is 0.0606. The lowest BCUT2D eigenvalue weighted by Gasteiger charge is -2.20. The minimum atomic E-state index is -0.901. The second-order valence-electron chi connectivity index (χ2n) is 7.60. The Hall–Kier alpha value is -3.35. The van der Waals surface area contributed by atoms with Crippen molar-refractivity contribution in [1.29, 1.82) is 5.26 Å². The largest absolute Gasteiger partial charge is 0.390 e.